The Morgan fingerprint density at radius 3 is 1.73 bits per heavy atom. The molecule has 11 heavy (non-hydrogen) atoms. The second kappa shape index (κ2) is 1.67. The summed E-state index contributed by atoms with van der Waals surface area (Å²) in [6.45, 7) is 9.64. The minimum absolute atomic E-state index is 0.529. The van der Waals surface area contributed by atoms with Gasteiger partial charge in [-0.3, -0.25) is 0 Å². The summed E-state index contributed by atoms with van der Waals surface area (Å²) in [5.74, 6) is 0. The van der Waals surface area contributed by atoms with E-state index in [1.807, 2.05) is 0 Å². The maximum absolute atomic E-state index is 2.47. The molecule has 2 saturated carbocycles. The van der Waals surface area contributed by atoms with Crippen LogP contribution in [0.2, 0.25) is 0 Å². The van der Waals surface area contributed by atoms with Crippen LogP contribution in [0.25, 0.3) is 0 Å². The van der Waals surface area contributed by atoms with Crippen molar-refractivity contribution < 1.29 is 0 Å². The Balaban J connectivity index is 2.05. The van der Waals surface area contributed by atoms with E-state index in [9.17, 15) is 0 Å². The van der Waals surface area contributed by atoms with Crippen molar-refractivity contribution in [1.29, 1.82) is 0 Å². The first-order valence-electron chi connectivity index (χ1n) is 4.87. The lowest BCUT2D eigenvalue weighted by Gasteiger charge is -2.55. The van der Waals surface area contributed by atoms with Crippen molar-refractivity contribution in [2.45, 2.75) is 53.4 Å². The molecule has 1 spiro atoms. The van der Waals surface area contributed by atoms with Gasteiger partial charge in [-0.2, -0.15) is 0 Å². The molecule has 0 bridgehead atoms. The molecule has 2 aliphatic rings. The second-order valence-corrected chi connectivity index (χ2v) is 6.16. The molecule has 2 rings (SSSR count). The monoisotopic (exact) mass is 152 g/mol. The fraction of sp³-hybridized carbons (Fsp3) is 1.00. The van der Waals surface area contributed by atoms with Crippen LogP contribution in [0.4, 0.5) is 0 Å². The molecular weight excluding hydrogens is 132 g/mol. The smallest absolute Gasteiger partial charge is 0.0267 e. The van der Waals surface area contributed by atoms with Crippen LogP contribution < -0.4 is 0 Å². The van der Waals surface area contributed by atoms with Crippen LogP contribution in [-0.2, 0) is 0 Å². The highest BCUT2D eigenvalue weighted by Gasteiger charge is 2.61. The first-order valence-corrected chi connectivity index (χ1v) is 4.87. The Kier molecular flexibility index (Phi) is 1.16. The van der Waals surface area contributed by atoms with Gasteiger partial charge in [-0.15, -0.1) is 0 Å². The Hall–Kier alpha value is 0. The minimum Gasteiger partial charge on any atom is -0.0597 e. The summed E-state index contributed by atoms with van der Waals surface area (Å²) >= 11 is 0. The standard InChI is InChI=1S/C11H20/c1-9(2,3)10(4)7-11(8-10)5-6-11/h5-8H2,1-4H3. The molecule has 0 aromatic carbocycles. The van der Waals surface area contributed by atoms with Gasteiger partial charge >= 0.3 is 0 Å². The molecule has 0 amide bonds. The van der Waals surface area contributed by atoms with Crippen LogP contribution in [0.3, 0.4) is 0 Å². The van der Waals surface area contributed by atoms with Crippen molar-refractivity contribution in [1.82, 2.24) is 0 Å². The molecule has 0 radical (unpaired) electrons. The fourth-order valence-electron chi connectivity index (χ4n) is 2.66. The third-order valence-electron chi connectivity index (χ3n) is 4.30. The zero-order valence-electron chi connectivity index (χ0n) is 8.33. The maximum Gasteiger partial charge on any atom is -0.0267 e. The molecule has 0 atom stereocenters. The number of hydrogen-bond donors (Lipinski definition) is 0. The quantitative estimate of drug-likeness (QED) is 0.497. The van der Waals surface area contributed by atoms with E-state index in [0.29, 0.717) is 10.8 Å². The minimum atomic E-state index is 0.529. The van der Waals surface area contributed by atoms with Crippen molar-refractivity contribution in [3.8, 4) is 0 Å². The molecule has 0 unspecified atom stereocenters. The summed E-state index contributed by atoms with van der Waals surface area (Å²) < 4.78 is 0. The van der Waals surface area contributed by atoms with Gasteiger partial charge in [-0.1, -0.05) is 27.7 Å². The predicted molar refractivity (Wildman–Crippen MR) is 48.5 cm³/mol. The molecule has 0 aliphatic heterocycles. The van der Waals surface area contributed by atoms with Crippen molar-refractivity contribution in [3.05, 3.63) is 0 Å². The molecule has 0 saturated heterocycles. The summed E-state index contributed by atoms with van der Waals surface area (Å²) in [5.41, 5.74) is 2.05. The van der Waals surface area contributed by atoms with Crippen LogP contribution >= 0.6 is 0 Å². The molecule has 64 valence electrons. The average molecular weight is 152 g/mol. The maximum atomic E-state index is 2.47. The molecule has 0 aromatic rings. The third kappa shape index (κ3) is 0.947. The van der Waals surface area contributed by atoms with Crippen molar-refractivity contribution in [3.63, 3.8) is 0 Å². The van der Waals surface area contributed by atoms with E-state index in [4.69, 9.17) is 0 Å². The normalized spacial score (nSPS) is 31.6. The Labute approximate surface area is 70.4 Å². The van der Waals surface area contributed by atoms with Crippen LogP contribution in [0.5, 0.6) is 0 Å². The summed E-state index contributed by atoms with van der Waals surface area (Å²) in [6.07, 6.45) is 6.06. The van der Waals surface area contributed by atoms with E-state index >= 15 is 0 Å². The first-order chi connectivity index (χ1) is 4.87. The lowest BCUT2D eigenvalue weighted by Crippen LogP contribution is -2.45. The Morgan fingerprint density at radius 1 is 1.00 bits per heavy atom. The Bertz CT molecular complexity index is 171. The zero-order chi connectivity index (χ0) is 8.33. The number of rotatable bonds is 0. The second-order valence-electron chi connectivity index (χ2n) is 6.16. The average Bonchev–Trinajstić information content (AvgIpc) is 2.41. The van der Waals surface area contributed by atoms with Crippen molar-refractivity contribution in [2.24, 2.45) is 16.2 Å². The summed E-state index contributed by atoms with van der Waals surface area (Å²) in [5, 5.41) is 0. The van der Waals surface area contributed by atoms with Crippen LogP contribution in [-0.4, -0.2) is 0 Å². The van der Waals surface area contributed by atoms with E-state index < -0.39 is 0 Å². The van der Waals surface area contributed by atoms with Gasteiger partial charge in [-0.25, -0.2) is 0 Å². The molecule has 2 aliphatic carbocycles. The number of hydrogen-bond acceptors (Lipinski definition) is 0. The van der Waals surface area contributed by atoms with Gasteiger partial charge in [-0.05, 0) is 41.9 Å². The summed E-state index contributed by atoms with van der Waals surface area (Å²) in [6, 6.07) is 0. The van der Waals surface area contributed by atoms with Crippen LogP contribution in [0.15, 0.2) is 0 Å². The Morgan fingerprint density at radius 2 is 1.45 bits per heavy atom. The summed E-state index contributed by atoms with van der Waals surface area (Å²) in [7, 11) is 0. The highest BCUT2D eigenvalue weighted by Crippen LogP contribution is 2.72. The van der Waals surface area contributed by atoms with E-state index in [1.54, 1.807) is 0 Å². The molecule has 0 aromatic heterocycles. The van der Waals surface area contributed by atoms with Crippen LogP contribution in [0.1, 0.15) is 53.4 Å². The van der Waals surface area contributed by atoms with E-state index in [2.05, 4.69) is 27.7 Å². The molecular formula is C11H20. The molecule has 0 heteroatoms. The van der Waals surface area contributed by atoms with E-state index in [1.165, 1.54) is 25.7 Å². The van der Waals surface area contributed by atoms with Gasteiger partial charge in [0.1, 0.15) is 0 Å². The molecule has 2 fully saturated rings. The first kappa shape index (κ1) is 7.64. The predicted octanol–water partition coefficient (Wildman–Crippen LogP) is 3.61. The highest BCUT2D eigenvalue weighted by atomic mass is 14.7. The van der Waals surface area contributed by atoms with E-state index in [0.717, 1.165) is 5.41 Å². The van der Waals surface area contributed by atoms with Crippen molar-refractivity contribution >= 4 is 0 Å². The molecule has 0 N–H and O–H groups in total. The van der Waals surface area contributed by atoms with Gasteiger partial charge in [0.15, 0.2) is 0 Å². The van der Waals surface area contributed by atoms with Gasteiger partial charge in [0.2, 0.25) is 0 Å². The molecule has 0 nitrogen and oxygen atoms in total. The summed E-state index contributed by atoms with van der Waals surface area (Å²) in [4.78, 5) is 0. The highest BCUT2D eigenvalue weighted by molar-refractivity contribution is 5.12. The van der Waals surface area contributed by atoms with Gasteiger partial charge in [0.05, 0.1) is 0 Å². The third-order valence-corrected chi connectivity index (χ3v) is 4.30. The zero-order valence-corrected chi connectivity index (χ0v) is 8.33. The SMILES string of the molecule is CC(C)(C)C1(C)CC2(CC2)C1. The topological polar surface area (TPSA) is 0 Å². The van der Waals surface area contributed by atoms with Crippen LogP contribution in [0, 0.1) is 16.2 Å². The fourth-order valence-corrected chi connectivity index (χ4v) is 2.66. The lowest BCUT2D eigenvalue weighted by atomic mass is 9.50. The van der Waals surface area contributed by atoms with E-state index in [-0.39, 0.29) is 0 Å². The van der Waals surface area contributed by atoms with Crippen molar-refractivity contribution in [2.75, 3.05) is 0 Å². The van der Waals surface area contributed by atoms with Gasteiger partial charge in [0, 0.05) is 0 Å². The largest absolute Gasteiger partial charge is 0.0597 e. The van der Waals surface area contributed by atoms with Gasteiger partial charge < -0.3 is 0 Å². The molecule has 0 heterocycles. The lowest BCUT2D eigenvalue weighted by molar-refractivity contribution is -0.0475. The van der Waals surface area contributed by atoms with Gasteiger partial charge in [0.25, 0.3) is 0 Å².